The predicted octanol–water partition coefficient (Wildman–Crippen LogP) is 4.67. The van der Waals surface area contributed by atoms with E-state index in [-0.39, 0.29) is 0 Å². The summed E-state index contributed by atoms with van der Waals surface area (Å²) in [4.78, 5) is 8.29. The molecule has 2 aromatic heterocycles. The van der Waals surface area contributed by atoms with Crippen molar-refractivity contribution >= 4 is 23.1 Å². The molecular weight excluding hydrogens is 286 g/mol. The molecule has 0 aliphatic carbocycles. The molecule has 0 radical (unpaired) electrons. The van der Waals surface area contributed by atoms with Gasteiger partial charge in [-0.1, -0.05) is 17.7 Å². The molecule has 3 aromatic rings. The van der Waals surface area contributed by atoms with E-state index in [1.54, 1.807) is 24.5 Å². The maximum Gasteiger partial charge on any atom is 0.238 e. The highest BCUT2D eigenvalue weighted by molar-refractivity contribution is 6.31. The van der Waals surface area contributed by atoms with Gasteiger partial charge in [0.1, 0.15) is 16.6 Å². The highest BCUT2D eigenvalue weighted by atomic mass is 35.5. The van der Waals surface area contributed by atoms with E-state index in [0.29, 0.717) is 16.7 Å². The Balaban J connectivity index is 1.71. The quantitative estimate of drug-likeness (QED) is 0.760. The van der Waals surface area contributed by atoms with E-state index in [9.17, 15) is 0 Å². The zero-order valence-electron chi connectivity index (χ0n) is 11.0. The van der Waals surface area contributed by atoms with Crippen molar-refractivity contribution in [1.29, 1.82) is 0 Å². The molecule has 21 heavy (non-hydrogen) atoms. The van der Waals surface area contributed by atoms with Crippen LogP contribution in [0.2, 0.25) is 5.02 Å². The van der Waals surface area contributed by atoms with Crippen LogP contribution >= 0.6 is 11.6 Å². The summed E-state index contributed by atoms with van der Waals surface area (Å²) in [5, 5.41) is 3.68. The molecule has 5 heteroatoms. The average Bonchev–Trinajstić information content (AvgIpc) is 2.52. The summed E-state index contributed by atoms with van der Waals surface area (Å²) in [7, 11) is 0. The first kappa shape index (κ1) is 13.4. The highest BCUT2D eigenvalue weighted by Gasteiger charge is 2.03. The zero-order chi connectivity index (χ0) is 14.5. The fraction of sp³-hybridized carbons (Fsp3) is 0. The molecule has 104 valence electrons. The number of pyridine rings is 2. The molecule has 0 atom stereocenters. The molecule has 1 N–H and O–H groups in total. The largest absolute Gasteiger partial charge is 0.438 e. The van der Waals surface area contributed by atoms with Crippen molar-refractivity contribution in [3.05, 3.63) is 72.0 Å². The van der Waals surface area contributed by atoms with Gasteiger partial charge in [0.25, 0.3) is 0 Å². The Morgan fingerprint density at radius 1 is 0.857 bits per heavy atom. The van der Waals surface area contributed by atoms with E-state index in [4.69, 9.17) is 16.3 Å². The SMILES string of the molecule is Clc1cccnc1Oc1ccc(Nc2ccccn2)cc1. The van der Waals surface area contributed by atoms with Gasteiger partial charge in [-0.3, -0.25) is 0 Å². The highest BCUT2D eigenvalue weighted by Crippen LogP contribution is 2.27. The first-order valence-electron chi connectivity index (χ1n) is 6.38. The monoisotopic (exact) mass is 297 g/mol. The van der Waals surface area contributed by atoms with Crippen LogP contribution in [0, 0.1) is 0 Å². The third-order valence-corrected chi connectivity index (χ3v) is 3.02. The van der Waals surface area contributed by atoms with Gasteiger partial charge in [-0.2, -0.15) is 0 Å². The van der Waals surface area contributed by atoms with Gasteiger partial charge in [0.05, 0.1) is 0 Å². The Bertz CT molecular complexity index is 717. The van der Waals surface area contributed by atoms with Crippen LogP contribution in [0.1, 0.15) is 0 Å². The van der Waals surface area contributed by atoms with Gasteiger partial charge in [-0.25, -0.2) is 9.97 Å². The van der Waals surface area contributed by atoms with Crippen LogP contribution in [-0.4, -0.2) is 9.97 Å². The van der Waals surface area contributed by atoms with Crippen molar-refractivity contribution in [1.82, 2.24) is 9.97 Å². The molecule has 0 saturated heterocycles. The van der Waals surface area contributed by atoms with E-state index >= 15 is 0 Å². The molecule has 0 saturated carbocycles. The number of hydrogen-bond acceptors (Lipinski definition) is 4. The molecule has 0 amide bonds. The Morgan fingerprint density at radius 3 is 2.38 bits per heavy atom. The second kappa shape index (κ2) is 6.24. The molecule has 0 bridgehead atoms. The summed E-state index contributed by atoms with van der Waals surface area (Å²) in [6.45, 7) is 0. The predicted molar refractivity (Wildman–Crippen MR) is 83.3 cm³/mol. The second-order valence-electron chi connectivity index (χ2n) is 4.26. The van der Waals surface area contributed by atoms with Gasteiger partial charge >= 0.3 is 0 Å². The molecule has 3 rings (SSSR count). The van der Waals surface area contributed by atoms with Crippen LogP contribution in [0.5, 0.6) is 11.6 Å². The third-order valence-electron chi connectivity index (χ3n) is 2.73. The fourth-order valence-corrected chi connectivity index (χ4v) is 1.91. The van der Waals surface area contributed by atoms with Crippen molar-refractivity contribution < 1.29 is 4.74 Å². The number of nitrogens with zero attached hydrogens (tertiary/aromatic N) is 2. The van der Waals surface area contributed by atoms with E-state index in [2.05, 4.69) is 15.3 Å². The van der Waals surface area contributed by atoms with E-state index in [0.717, 1.165) is 11.5 Å². The minimum atomic E-state index is 0.393. The van der Waals surface area contributed by atoms with Gasteiger partial charge in [0.15, 0.2) is 0 Å². The van der Waals surface area contributed by atoms with Crippen molar-refractivity contribution in [2.75, 3.05) is 5.32 Å². The Hall–Kier alpha value is -2.59. The normalized spacial score (nSPS) is 10.1. The minimum Gasteiger partial charge on any atom is -0.438 e. The van der Waals surface area contributed by atoms with Gasteiger partial charge in [0, 0.05) is 18.1 Å². The smallest absolute Gasteiger partial charge is 0.238 e. The molecule has 0 aliphatic heterocycles. The number of aromatic nitrogens is 2. The third kappa shape index (κ3) is 3.49. The Labute approximate surface area is 127 Å². The first-order valence-corrected chi connectivity index (χ1v) is 6.75. The molecule has 0 unspecified atom stereocenters. The van der Waals surface area contributed by atoms with Crippen LogP contribution in [-0.2, 0) is 0 Å². The summed E-state index contributed by atoms with van der Waals surface area (Å²) in [6, 6.07) is 16.7. The second-order valence-corrected chi connectivity index (χ2v) is 4.66. The summed E-state index contributed by atoms with van der Waals surface area (Å²) < 4.78 is 5.63. The first-order chi connectivity index (χ1) is 10.3. The summed E-state index contributed by atoms with van der Waals surface area (Å²) in [6.07, 6.45) is 3.38. The van der Waals surface area contributed by atoms with Crippen LogP contribution in [0.25, 0.3) is 0 Å². The summed E-state index contributed by atoms with van der Waals surface area (Å²) in [5.74, 6) is 1.85. The van der Waals surface area contributed by atoms with Crippen molar-refractivity contribution in [2.24, 2.45) is 0 Å². The number of rotatable bonds is 4. The number of hydrogen-bond donors (Lipinski definition) is 1. The molecular formula is C16H12ClN3O. The maximum atomic E-state index is 6.00. The van der Waals surface area contributed by atoms with Gasteiger partial charge in [-0.15, -0.1) is 0 Å². The number of benzene rings is 1. The molecule has 0 aliphatic rings. The van der Waals surface area contributed by atoms with Gasteiger partial charge in [-0.05, 0) is 48.5 Å². The van der Waals surface area contributed by atoms with Crippen LogP contribution in [0.15, 0.2) is 67.0 Å². The standard InChI is InChI=1S/C16H12ClN3O/c17-14-4-3-11-19-16(14)21-13-8-6-12(7-9-13)20-15-5-1-2-10-18-15/h1-11H,(H,18,20). The van der Waals surface area contributed by atoms with Crippen molar-refractivity contribution in [2.45, 2.75) is 0 Å². The number of halogens is 1. The molecule has 4 nitrogen and oxygen atoms in total. The lowest BCUT2D eigenvalue weighted by Crippen LogP contribution is -1.93. The van der Waals surface area contributed by atoms with E-state index in [1.807, 2.05) is 42.5 Å². The molecule has 2 heterocycles. The minimum absolute atomic E-state index is 0.393. The number of anilines is 2. The van der Waals surface area contributed by atoms with E-state index in [1.165, 1.54) is 0 Å². The Morgan fingerprint density at radius 2 is 1.67 bits per heavy atom. The van der Waals surface area contributed by atoms with E-state index < -0.39 is 0 Å². The zero-order valence-corrected chi connectivity index (χ0v) is 11.8. The van der Waals surface area contributed by atoms with Crippen LogP contribution in [0.4, 0.5) is 11.5 Å². The lowest BCUT2D eigenvalue weighted by atomic mass is 10.3. The number of ether oxygens (including phenoxy) is 1. The van der Waals surface area contributed by atoms with Crippen molar-refractivity contribution in [3.8, 4) is 11.6 Å². The lowest BCUT2D eigenvalue weighted by Gasteiger charge is -2.08. The molecule has 0 spiro atoms. The maximum absolute atomic E-state index is 6.00. The summed E-state index contributed by atoms with van der Waals surface area (Å²) in [5.41, 5.74) is 0.924. The summed E-state index contributed by atoms with van der Waals surface area (Å²) >= 11 is 6.00. The average molecular weight is 298 g/mol. The fourth-order valence-electron chi connectivity index (χ4n) is 1.75. The molecule has 0 fully saturated rings. The number of nitrogens with one attached hydrogen (secondary N) is 1. The van der Waals surface area contributed by atoms with Gasteiger partial charge < -0.3 is 10.1 Å². The molecule has 1 aromatic carbocycles. The lowest BCUT2D eigenvalue weighted by molar-refractivity contribution is 0.463. The van der Waals surface area contributed by atoms with Crippen LogP contribution in [0.3, 0.4) is 0 Å². The Kier molecular flexibility index (Phi) is 3.98. The van der Waals surface area contributed by atoms with Gasteiger partial charge in [0.2, 0.25) is 5.88 Å². The topological polar surface area (TPSA) is 47.0 Å². The van der Waals surface area contributed by atoms with Crippen LogP contribution < -0.4 is 10.1 Å². The van der Waals surface area contributed by atoms with Crippen molar-refractivity contribution in [3.63, 3.8) is 0 Å².